The number of nitrogens with zero attached hydrogens (tertiary/aromatic N) is 4. The summed E-state index contributed by atoms with van der Waals surface area (Å²) in [6.07, 6.45) is 2.64. The van der Waals surface area contributed by atoms with Crippen molar-refractivity contribution in [3.05, 3.63) is 33.8 Å². The molecule has 8 heteroatoms. The van der Waals surface area contributed by atoms with Gasteiger partial charge in [-0.2, -0.15) is 10.3 Å². The van der Waals surface area contributed by atoms with Crippen LogP contribution >= 0.6 is 0 Å². The van der Waals surface area contributed by atoms with E-state index >= 15 is 0 Å². The van der Waals surface area contributed by atoms with E-state index in [-0.39, 0.29) is 17.5 Å². The third-order valence-corrected chi connectivity index (χ3v) is 4.56. The smallest absolute Gasteiger partial charge is 0.280 e. The van der Waals surface area contributed by atoms with E-state index in [0.29, 0.717) is 37.6 Å². The summed E-state index contributed by atoms with van der Waals surface area (Å²) in [7, 11) is 0. The largest absolute Gasteiger partial charge is 0.384 e. The first-order valence-corrected chi connectivity index (χ1v) is 8.84. The Hall–Kier alpha value is -2.38. The van der Waals surface area contributed by atoms with Gasteiger partial charge in [0.1, 0.15) is 11.6 Å². The van der Waals surface area contributed by atoms with Crippen LogP contribution in [0.3, 0.4) is 0 Å². The molecule has 0 aliphatic carbocycles. The maximum absolute atomic E-state index is 12.6. The molecule has 0 aromatic carbocycles. The number of amides is 1. The van der Waals surface area contributed by atoms with Crippen molar-refractivity contribution in [1.82, 2.24) is 24.8 Å². The van der Waals surface area contributed by atoms with E-state index in [1.807, 2.05) is 16.5 Å². The van der Waals surface area contributed by atoms with Gasteiger partial charge in [-0.3, -0.25) is 9.59 Å². The average molecular weight is 347 g/mol. The van der Waals surface area contributed by atoms with Crippen LogP contribution in [0.1, 0.15) is 57.1 Å². The normalized spacial score (nSPS) is 17.1. The van der Waals surface area contributed by atoms with Gasteiger partial charge in [0, 0.05) is 31.9 Å². The Labute approximate surface area is 146 Å². The van der Waals surface area contributed by atoms with Crippen molar-refractivity contribution in [2.75, 3.05) is 6.54 Å². The minimum atomic E-state index is -0.282. The van der Waals surface area contributed by atoms with Gasteiger partial charge >= 0.3 is 0 Å². The third kappa shape index (κ3) is 4.00. The standard InChI is InChI=1S/C17H25N5O3/c1-11(2)4-6-14-18-17-12(3)21(8-9-22(17)19-14)16(24)7-5-13-10-15(23)20-25-13/h10-12H,4-9H2,1-3H3,(H,20,23)/t12-/m1/s1. The van der Waals surface area contributed by atoms with Crippen LogP contribution in [0.4, 0.5) is 0 Å². The fourth-order valence-electron chi connectivity index (χ4n) is 3.09. The van der Waals surface area contributed by atoms with Crippen LogP contribution in [0.2, 0.25) is 0 Å². The van der Waals surface area contributed by atoms with E-state index in [2.05, 4.69) is 29.1 Å². The fraction of sp³-hybridized carbons (Fsp3) is 0.647. The molecule has 1 N–H and O–H groups in total. The summed E-state index contributed by atoms with van der Waals surface area (Å²) in [5.74, 6) is 2.87. The van der Waals surface area contributed by atoms with Crippen molar-refractivity contribution in [2.45, 2.75) is 59.0 Å². The summed E-state index contributed by atoms with van der Waals surface area (Å²) in [6, 6.07) is 1.28. The van der Waals surface area contributed by atoms with E-state index in [9.17, 15) is 9.59 Å². The Morgan fingerprint density at radius 1 is 1.40 bits per heavy atom. The second kappa shape index (κ2) is 7.25. The van der Waals surface area contributed by atoms with Crippen LogP contribution in [-0.4, -0.2) is 37.3 Å². The Morgan fingerprint density at radius 2 is 2.20 bits per heavy atom. The van der Waals surface area contributed by atoms with Gasteiger partial charge in [0.25, 0.3) is 5.56 Å². The number of H-pyrrole nitrogens is 1. The Bertz CT molecular complexity index is 788. The van der Waals surface area contributed by atoms with Gasteiger partial charge in [0.2, 0.25) is 5.91 Å². The number of aryl methyl sites for hydroxylation is 2. The zero-order valence-corrected chi connectivity index (χ0v) is 15.0. The first-order valence-electron chi connectivity index (χ1n) is 8.84. The van der Waals surface area contributed by atoms with E-state index < -0.39 is 0 Å². The highest BCUT2D eigenvalue weighted by Crippen LogP contribution is 2.24. The molecular formula is C17H25N5O3. The predicted molar refractivity (Wildman–Crippen MR) is 91.0 cm³/mol. The number of fused-ring (bicyclic) bond motifs is 1. The summed E-state index contributed by atoms with van der Waals surface area (Å²) in [6.45, 7) is 7.65. The molecular weight excluding hydrogens is 322 g/mol. The fourth-order valence-corrected chi connectivity index (χ4v) is 3.09. The molecule has 1 aliphatic heterocycles. The summed E-state index contributed by atoms with van der Waals surface area (Å²) in [4.78, 5) is 30.1. The maximum Gasteiger partial charge on any atom is 0.280 e. The molecule has 0 radical (unpaired) electrons. The SMILES string of the molecule is CC(C)CCc1nc2n(n1)CCN(C(=O)CCc1cc(=O)[nH]o1)[C@@H]2C. The quantitative estimate of drug-likeness (QED) is 0.857. The molecule has 1 aliphatic rings. The number of aromatic amines is 1. The summed E-state index contributed by atoms with van der Waals surface area (Å²) < 4.78 is 6.93. The molecule has 0 unspecified atom stereocenters. The lowest BCUT2D eigenvalue weighted by atomic mass is 10.1. The lowest BCUT2D eigenvalue weighted by Gasteiger charge is -2.32. The number of nitrogens with one attached hydrogen (secondary N) is 1. The monoisotopic (exact) mass is 347 g/mol. The molecule has 0 saturated heterocycles. The van der Waals surface area contributed by atoms with Crippen LogP contribution in [0.5, 0.6) is 0 Å². The lowest BCUT2D eigenvalue weighted by molar-refractivity contribution is -0.134. The third-order valence-electron chi connectivity index (χ3n) is 4.56. The number of aromatic nitrogens is 4. The van der Waals surface area contributed by atoms with Gasteiger partial charge in [-0.05, 0) is 19.3 Å². The number of carbonyl (C=O) groups is 1. The van der Waals surface area contributed by atoms with E-state index in [1.165, 1.54) is 6.07 Å². The number of rotatable bonds is 6. The molecule has 0 fully saturated rings. The van der Waals surface area contributed by atoms with Crippen LogP contribution in [-0.2, 0) is 24.2 Å². The van der Waals surface area contributed by atoms with Crippen LogP contribution in [0.15, 0.2) is 15.4 Å². The minimum Gasteiger partial charge on any atom is -0.384 e. The molecule has 0 bridgehead atoms. The highest BCUT2D eigenvalue weighted by atomic mass is 16.5. The van der Waals surface area contributed by atoms with Gasteiger partial charge in [-0.15, -0.1) is 0 Å². The molecule has 3 heterocycles. The topological polar surface area (TPSA) is 97.0 Å². The minimum absolute atomic E-state index is 0.0364. The maximum atomic E-state index is 12.6. The molecule has 2 aromatic rings. The molecule has 1 atom stereocenters. The van der Waals surface area contributed by atoms with Gasteiger partial charge < -0.3 is 9.42 Å². The Morgan fingerprint density at radius 3 is 2.88 bits per heavy atom. The number of carbonyl (C=O) groups excluding carboxylic acids is 1. The molecule has 136 valence electrons. The van der Waals surface area contributed by atoms with Gasteiger partial charge in [0.15, 0.2) is 5.82 Å². The molecule has 0 spiro atoms. The predicted octanol–water partition coefficient (Wildman–Crippen LogP) is 1.68. The second-order valence-electron chi connectivity index (χ2n) is 6.98. The highest BCUT2D eigenvalue weighted by Gasteiger charge is 2.30. The first kappa shape index (κ1) is 17.4. The van der Waals surface area contributed by atoms with E-state index in [4.69, 9.17) is 4.52 Å². The van der Waals surface area contributed by atoms with Crippen LogP contribution in [0, 0.1) is 5.92 Å². The zero-order chi connectivity index (χ0) is 18.0. The summed E-state index contributed by atoms with van der Waals surface area (Å²) >= 11 is 0. The molecule has 25 heavy (non-hydrogen) atoms. The zero-order valence-electron chi connectivity index (χ0n) is 15.0. The van der Waals surface area contributed by atoms with Crippen molar-refractivity contribution in [3.63, 3.8) is 0 Å². The van der Waals surface area contributed by atoms with Crippen LogP contribution in [0.25, 0.3) is 0 Å². The van der Waals surface area contributed by atoms with Gasteiger partial charge in [-0.1, -0.05) is 13.8 Å². The second-order valence-corrected chi connectivity index (χ2v) is 6.98. The van der Waals surface area contributed by atoms with E-state index in [1.54, 1.807) is 0 Å². The highest BCUT2D eigenvalue weighted by molar-refractivity contribution is 5.76. The van der Waals surface area contributed by atoms with Crippen LogP contribution < -0.4 is 5.56 Å². The van der Waals surface area contributed by atoms with Gasteiger partial charge in [0.05, 0.1) is 12.6 Å². The first-order chi connectivity index (χ1) is 11.9. The van der Waals surface area contributed by atoms with Gasteiger partial charge in [-0.25, -0.2) is 9.67 Å². The average Bonchev–Trinajstić information content (AvgIpc) is 3.17. The molecule has 2 aromatic heterocycles. The molecule has 3 rings (SSSR count). The molecule has 1 amide bonds. The van der Waals surface area contributed by atoms with Crippen molar-refractivity contribution in [1.29, 1.82) is 0 Å². The van der Waals surface area contributed by atoms with Crippen molar-refractivity contribution in [2.24, 2.45) is 5.92 Å². The summed E-state index contributed by atoms with van der Waals surface area (Å²) in [5, 5.41) is 6.82. The van der Waals surface area contributed by atoms with Crippen molar-refractivity contribution in [3.8, 4) is 0 Å². The summed E-state index contributed by atoms with van der Waals surface area (Å²) in [5.41, 5.74) is -0.282. The molecule has 0 saturated carbocycles. The number of hydrogen-bond acceptors (Lipinski definition) is 5. The Kier molecular flexibility index (Phi) is 5.06. The van der Waals surface area contributed by atoms with E-state index in [0.717, 1.165) is 24.5 Å². The number of hydrogen-bond donors (Lipinski definition) is 1. The molecule has 8 nitrogen and oxygen atoms in total. The Balaban J connectivity index is 1.63. The lowest BCUT2D eigenvalue weighted by Crippen LogP contribution is -2.41. The van der Waals surface area contributed by atoms with Crippen molar-refractivity contribution < 1.29 is 9.32 Å². The van der Waals surface area contributed by atoms with Crippen molar-refractivity contribution >= 4 is 5.91 Å².